The SMILES string of the molecule is COc1cc(-c2cn(C)c(=O)c3cnccc23)c(OC)cc1CN1CCC(O[C@@H]2CCN(CCn3cccc(CN4CCC(=O)NC4=O)c3=O)C[C@H]2F)CC1.[HH]. The van der Waals surface area contributed by atoms with E-state index in [0.717, 1.165) is 53.8 Å². The number of likely N-dealkylation sites (tertiary alicyclic amines) is 2. The van der Waals surface area contributed by atoms with Crippen LogP contribution < -0.4 is 25.9 Å². The number of nitrogens with zero attached hydrogens (tertiary/aromatic N) is 6. The van der Waals surface area contributed by atoms with Crippen molar-refractivity contribution in [2.24, 2.45) is 7.05 Å². The van der Waals surface area contributed by atoms with Crippen LogP contribution in [-0.2, 0) is 36.2 Å². The first-order valence-corrected chi connectivity index (χ1v) is 18.8. The van der Waals surface area contributed by atoms with E-state index in [1.807, 2.05) is 29.3 Å². The molecule has 3 amide bonds. The van der Waals surface area contributed by atoms with Crippen molar-refractivity contribution in [2.75, 3.05) is 53.5 Å². The summed E-state index contributed by atoms with van der Waals surface area (Å²) in [5.74, 6) is 1.08. The molecular weight excluding hydrogens is 709 g/mol. The molecule has 4 aromatic rings. The van der Waals surface area contributed by atoms with Crippen molar-refractivity contribution in [2.45, 2.75) is 63.7 Å². The number of aryl methyl sites for hydroxylation is 1. The fourth-order valence-corrected chi connectivity index (χ4v) is 7.90. The Labute approximate surface area is 319 Å². The van der Waals surface area contributed by atoms with Gasteiger partial charge in [0.2, 0.25) is 5.91 Å². The molecule has 3 aliphatic heterocycles. The summed E-state index contributed by atoms with van der Waals surface area (Å²) in [5, 5.41) is 3.60. The summed E-state index contributed by atoms with van der Waals surface area (Å²) in [7, 11) is 5.01. The van der Waals surface area contributed by atoms with Crippen LogP contribution in [0.3, 0.4) is 0 Å². The van der Waals surface area contributed by atoms with E-state index in [-0.39, 0.29) is 50.6 Å². The Balaban J connectivity index is 0.00000532. The van der Waals surface area contributed by atoms with Gasteiger partial charge in [-0.1, -0.05) is 6.07 Å². The number of amides is 3. The number of alkyl halides is 1. The van der Waals surface area contributed by atoms with E-state index in [2.05, 4.69) is 15.2 Å². The van der Waals surface area contributed by atoms with Crippen molar-refractivity contribution in [1.82, 2.24) is 34.1 Å². The van der Waals surface area contributed by atoms with E-state index in [0.29, 0.717) is 49.3 Å². The number of aromatic nitrogens is 3. The lowest BCUT2D eigenvalue weighted by Gasteiger charge is -2.38. The number of benzene rings is 1. The number of nitrogens with one attached hydrogen (secondary N) is 1. The number of ether oxygens (including phenoxy) is 3. The van der Waals surface area contributed by atoms with Gasteiger partial charge in [-0.2, -0.15) is 0 Å². The number of hydrogen-bond donors (Lipinski definition) is 1. The molecule has 55 heavy (non-hydrogen) atoms. The lowest BCUT2D eigenvalue weighted by atomic mass is 9.98. The molecule has 14 nitrogen and oxygen atoms in total. The van der Waals surface area contributed by atoms with E-state index in [9.17, 15) is 19.2 Å². The predicted molar refractivity (Wildman–Crippen MR) is 206 cm³/mol. The largest absolute Gasteiger partial charge is 0.496 e. The molecule has 0 saturated carbocycles. The number of carbonyl (C=O) groups excluding carboxylic acids is 2. The van der Waals surface area contributed by atoms with Crippen LogP contribution in [0.25, 0.3) is 21.9 Å². The highest BCUT2D eigenvalue weighted by Gasteiger charge is 2.33. The van der Waals surface area contributed by atoms with E-state index < -0.39 is 18.3 Å². The number of piperidine rings is 2. The number of urea groups is 1. The van der Waals surface area contributed by atoms with Gasteiger partial charge in [0.1, 0.15) is 17.7 Å². The lowest BCUT2D eigenvalue weighted by Crippen LogP contribution is -2.50. The quantitative estimate of drug-likeness (QED) is 0.228. The summed E-state index contributed by atoms with van der Waals surface area (Å²) < 4.78 is 36.7. The minimum absolute atomic E-state index is 0. The number of fused-ring (bicyclic) bond motifs is 1. The highest BCUT2D eigenvalue weighted by atomic mass is 19.1. The normalized spacial score (nSPS) is 20.2. The van der Waals surface area contributed by atoms with Gasteiger partial charge in [0, 0.05) is 114 Å². The van der Waals surface area contributed by atoms with Crippen molar-refractivity contribution < 1.29 is 29.6 Å². The molecule has 3 aromatic heterocycles. The second kappa shape index (κ2) is 16.7. The molecule has 1 N–H and O–H groups in total. The highest BCUT2D eigenvalue weighted by Crippen LogP contribution is 2.39. The first-order chi connectivity index (χ1) is 26.6. The van der Waals surface area contributed by atoms with Crippen LogP contribution in [-0.4, -0.2) is 113 Å². The third-order valence-electron chi connectivity index (χ3n) is 11.0. The average Bonchev–Trinajstić information content (AvgIpc) is 3.19. The molecule has 3 saturated heterocycles. The molecular formula is C40H50FN7O7. The standard InChI is InChI=1S/C40H48FN7O7.H2/c1-44-24-32(29-6-11-42-21-31(29)39(44)51)30-20-35(53-2)27(19-36(30)54-3)22-45-13-7-28(8-14-45)55-34-9-15-46(25-33(34)41)17-18-47-12-4-5-26(38(47)50)23-48-16-10-37(49)43-40(48)52;/h4-6,11-12,19-21,24,28,33-34H,7-10,13-18,22-23,25H2,1-3H3,(H,43,49,52);1H/t33-,34-;/m1./s1. The molecule has 294 valence electrons. The van der Waals surface area contributed by atoms with Crippen LogP contribution in [0.4, 0.5) is 9.18 Å². The van der Waals surface area contributed by atoms with Crippen LogP contribution in [0, 0.1) is 0 Å². The van der Waals surface area contributed by atoms with Gasteiger partial charge in [0.05, 0.1) is 38.4 Å². The first kappa shape index (κ1) is 38.2. The molecule has 0 radical (unpaired) electrons. The number of pyridine rings is 3. The highest BCUT2D eigenvalue weighted by molar-refractivity contribution is 5.97. The molecule has 0 aliphatic carbocycles. The molecule has 1 aromatic carbocycles. The maximum atomic E-state index is 15.5. The maximum Gasteiger partial charge on any atom is 0.324 e. The van der Waals surface area contributed by atoms with Crippen LogP contribution in [0.5, 0.6) is 11.5 Å². The number of halogens is 1. The first-order valence-electron chi connectivity index (χ1n) is 18.8. The molecule has 3 fully saturated rings. The van der Waals surface area contributed by atoms with Crippen LogP contribution >= 0.6 is 0 Å². The van der Waals surface area contributed by atoms with E-state index >= 15 is 4.39 Å². The maximum absolute atomic E-state index is 15.5. The molecule has 6 heterocycles. The number of rotatable bonds is 12. The van der Waals surface area contributed by atoms with Crippen LogP contribution in [0.1, 0.15) is 38.2 Å². The Kier molecular flexibility index (Phi) is 11.6. The molecule has 7 rings (SSSR count). The minimum atomic E-state index is -1.13. The van der Waals surface area contributed by atoms with Gasteiger partial charge in [-0.05, 0) is 48.9 Å². The number of imide groups is 1. The zero-order valence-corrected chi connectivity index (χ0v) is 31.5. The van der Waals surface area contributed by atoms with Gasteiger partial charge in [-0.3, -0.25) is 34.5 Å². The van der Waals surface area contributed by atoms with Crippen molar-refractivity contribution in [3.8, 4) is 22.6 Å². The second-order valence-electron chi connectivity index (χ2n) is 14.6. The van der Waals surface area contributed by atoms with Gasteiger partial charge in [0.25, 0.3) is 11.1 Å². The summed E-state index contributed by atoms with van der Waals surface area (Å²) in [6, 6.07) is 8.78. The lowest BCUT2D eigenvalue weighted by molar-refractivity contribution is -0.121. The number of methoxy groups -OCH3 is 2. The Bertz CT molecular complexity index is 2170. The number of hydrogen-bond acceptors (Lipinski definition) is 10. The van der Waals surface area contributed by atoms with Gasteiger partial charge in [0.15, 0.2) is 0 Å². The Morgan fingerprint density at radius 1 is 0.873 bits per heavy atom. The predicted octanol–water partition coefficient (Wildman–Crippen LogP) is 3.56. The monoisotopic (exact) mass is 759 g/mol. The summed E-state index contributed by atoms with van der Waals surface area (Å²) in [5.41, 5.74) is 2.80. The van der Waals surface area contributed by atoms with Crippen molar-refractivity contribution in [1.29, 1.82) is 0 Å². The molecule has 0 bridgehead atoms. The Morgan fingerprint density at radius 2 is 1.65 bits per heavy atom. The second-order valence-corrected chi connectivity index (χ2v) is 14.6. The summed E-state index contributed by atoms with van der Waals surface area (Å²) in [4.78, 5) is 59.5. The van der Waals surface area contributed by atoms with Crippen molar-refractivity contribution in [3.63, 3.8) is 0 Å². The topological polar surface area (TPSA) is 140 Å². The van der Waals surface area contributed by atoms with E-state index in [1.165, 1.54) is 4.90 Å². The van der Waals surface area contributed by atoms with E-state index in [4.69, 9.17) is 14.2 Å². The van der Waals surface area contributed by atoms with Crippen LogP contribution in [0.2, 0.25) is 0 Å². The summed E-state index contributed by atoms with van der Waals surface area (Å²) in [6.07, 6.45) is 7.51. The fraction of sp³-hybridized carbons (Fsp3) is 0.475. The smallest absolute Gasteiger partial charge is 0.324 e. The van der Waals surface area contributed by atoms with Gasteiger partial charge in [-0.15, -0.1) is 0 Å². The molecule has 2 atom stereocenters. The molecule has 0 unspecified atom stereocenters. The van der Waals surface area contributed by atoms with Gasteiger partial charge < -0.3 is 28.2 Å². The zero-order valence-electron chi connectivity index (χ0n) is 31.5. The molecule has 0 spiro atoms. The van der Waals surface area contributed by atoms with Gasteiger partial charge in [-0.25, -0.2) is 9.18 Å². The Morgan fingerprint density at radius 3 is 2.40 bits per heavy atom. The zero-order chi connectivity index (χ0) is 38.6. The molecule has 15 heteroatoms. The number of carbonyl (C=O) groups is 2. The summed E-state index contributed by atoms with van der Waals surface area (Å²) in [6.45, 7) is 4.45. The molecule has 3 aliphatic rings. The minimum Gasteiger partial charge on any atom is -0.496 e. The van der Waals surface area contributed by atoms with Crippen molar-refractivity contribution in [3.05, 3.63) is 87.0 Å². The van der Waals surface area contributed by atoms with Crippen LogP contribution in [0.15, 0.2) is 64.7 Å². The van der Waals surface area contributed by atoms with Gasteiger partial charge >= 0.3 is 6.03 Å². The summed E-state index contributed by atoms with van der Waals surface area (Å²) >= 11 is 0. The third-order valence-corrected chi connectivity index (χ3v) is 11.0. The van der Waals surface area contributed by atoms with E-state index in [1.54, 1.807) is 61.1 Å². The van der Waals surface area contributed by atoms with Crippen molar-refractivity contribution >= 4 is 22.7 Å². The average molecular weight is 760 g/mol. The fourth-order valence-electron chi connectivity index (χ4n) is 7.90. The Hall–Kier alpha value is -5.12. The third kappa shape index (κ3) is 8.43.